The van der Waals surface area contributed by atoms with Gasteiger partial charge in [-0.05, 0) is 74.0 Å². The summed E-state index contributed by atoms with van der Waals surface area (Å²) in [5.74, 6) is -0.0355. The molecule has 0 saturated carbocycles. The van der Waals surface area contributed by atoms with E-state index in [9.17, 15) is 4.79 Å². The van der Waals surface area contributed by atoms with E-state index >= 15 is 0 Å². The second-order valence-corrected chi connectivity index (χ2v) is 13.4. The van der Waals surface area contributed by atoms with Crippen LogP contribution >= 0.6 is 23.2 Å². The Morgan fingerprint density at radius 2 is 1.66 bits per heavy atom. The van der Waals surface area contributed by atoms with E-state index in [4.69, 9.17) is 37.4 Å². The lowest BCUT2D eigenvalue weighted by Crippen LogP contribution is -2.46. The first-order valence-electron chi connectivity index (χ1n) is 16.8. The molecule has 5 aromatic rings. The van der Waals surface area contributed by atoms with Crippen LogP contribution in [-0.4, -0.2) is 80.5 Å². The molecule has 1 unspecified atom stereocenters. The van der Waals surface area contributed by atoms with Crippen LogP contribution in [0, 0.1) is 0 Å². The average Bonchev–Trinajstić information content (AvgIpc) is 3.89. The van der Waals surface area contributed by atoms with Crippen molar-refractivity contribution >= 4 is 34.6 Å². The van der Waals surface area contributed by atoms with Gasteiger partial charge in [0.1, 0.15) is 24.8 Å². The monoisotopic (exact) mass is 719 g/mol. The van der Waals surface area contributed by atoms with Crippen molar-refractivity contribution in [2.75, 3.05) is 49.2 Å². The summed E-state index contributed by atoms with van der Waals surface area (Å²) in [6.45, 7) is 8.24. The molecule has 2 aliphatic rings. The van der Waals surface area contributed by atoms with Gasteiger partial charge < -0.3 is 24.0 Å². The van der Waals surface area contributed by atoms with Crippen molar-refractivity contribution in [3.63, 3.8) is 0 Å². The number of ether oxygens (including phenoxy) is 3. The zero-order valence-electron chi connectivity index (χ0n) is 27.9. The van der Waals surface area contributed by atoms with Gasteiger partial charge in [0.05, 0.1) is 29.8 Å². The fraction of sp³-hybridized carbons (Fsp3) is 0.400. The van der Waals surface area contributed by atoms with Crippen LogP contribution in [0.15, 0.2) is 77.9 Å². The van der Waals surface area contributed by atoms with Gasteiger partial charge >= 0.3 is 5.69 Å². The number of anilines is 2. The number of benzene rings is 3. The summed E-state index contributed by atoms with van der Waals surface area (Å²) in [5.41, 5.74) is 3.61. The van der Waals surface area contributed by atoms with E-state index in [1.54, 1.807) is 33.8 Å². The van der Waals surface area contributed by atoms with E-state index in [1.165, 1.54) is 0 Å². The maximum atomic E-state index is 12.9. The number of aromatic amines is 1. The Morgan fingerprint density at radius 3 is 2.30 bits per heavy atom. The van der Waals surface area contributed by atoms with E-state index in [-0.39, 0.29) is 30.9 Å². The third-order valence-corrected chi connectivity index (χ3v) is 9.76. The van der Waals surface area contributed by atoms with Crippen molar-refractivity contribution in [1.29, 1.82) is 0 Å². The highest BCUT2D eigenvalue weighted by molar-refractivity contribution is 6.35. The lowest BCUT2D eigenvalue weighted by molar-refractivity contribution is -0.179. The second-order valence-electron chi connectivity index (χ2n) is 12.6. The highest BCUT2D eigenvalue weighted by atomic mass is 35.5. The number of aromatic nitrogens is 7. The molecule has 1 N–H and O–H groups in total. The molecule has 7 rings (SSSR count). The largest absolute Gasteiger partial charge is 0.491 e. The fourth-order valence-electron chi connectivity index (χ4n) is 6.57. The van der Waals surface area contributed by atoms with E-state index in [2.05, 4.69) is 66.7 Å². The average molecular weight is 721 g/mol. The molecule has 50 heavy (non-hydrogen) atoms. The Morgan fingerprint density at radius 1 is 0.980 bits per heavy atom. The van der Waals surface area contributed by atoms with Crippen LogP contribution in [0.4, 0.5) is 11.4 Å². The standard InChI is InChI=1S/C35H39Cl2N9O4/c1-3-4-24(2)46-34(47)45(23-38-46)28-8-6-26(7-9-28)43-15-17-44(18-16-43)27-10-12-29(13-11-27)48-21-30-22-49-35(50-30,20-33-39-41-42-40-33)31-14-5-25(36)19-32(31)37/h5-14,19,23-24,30H,3-4,15-18,20-22H2,1-2H3,(H,39,40,41,42)/t24?,30-,35-/m1/s1. The molecule has 13 nitrogen and oxygen atoms in total. The van der Waals surface area contributed by atoms with Crippen molar-refractivity contribution in [1.82, 2.24) is 35.0 Å². The van der Waals surface area contributed by atoms with E-state index in [0.29, 0.717) is 28.0 Å². The minimum atomic E-state index is -1.20. The SMILES string of the molecule is CCCC(C)n1ncn(-c2ccc(N3CCN(c4ccc(OC[C@@H]5CO[C@@](Cc6nn[nH]n6)(c6ccc(Cl)cc6Cl)O5)cc4)CC3)cc2)c1=O. The normalized spacial score (nSPS) is 20.0. The quantitative estimate of drug-likeness (QED) is 0.178. The number of tetrazole rings is 1. The van der Waals surface area contributed by atoms with Crippen molar-refractivity contribution in [3.8, 4) is 11.4 Å². The van der Waals surface area contributed by atoms with Gasteiger partial charge in [-0.1, -0.05) is 47.8 Å². The predicted molar refractivity (Wildman–Crippen MR) is 191 cm³/mol. The Bertz CT molecular complexity index is 1930. The smallest absolute Gasteiger partial charge is 0.350 e. The molecule has 2 aliphatic heterocycles. The molecule has 2 aromatic heterocycles. The number of rotatable bonds is 12. The molecular formula is C35H39Cl2N9O4. The summed E-state index contributed by atoms with van der Waals surface area (Å²) >= 11 is 12.7. The lowest BCUT2D eigenvalue weighted by Gasteiger charge is -2.37. The number of hydrogen-bond donors (Lipinski definition) is 1. The van der Waals surface area contributed by atoms with Gasteiger partial charge in [-0.15, -0.1) is 10.2 Å². The Kier molecular flexibility index (Phi) is 10.1. The number of hydrogen-bond acceptors (Lipinski definition) is 10. The van der Waals surface area contributed by atoms with Crippen LogP contribution in [0.2, 0.25) is 10.0 Å². The summed E-state index contributed by atoms with van der Waals surface area (Å²) in [7, 11) is 0. The molecule has 2 fully saturated rings. The highest BCUT2D eigenvalue weighted by Gasteiger charge is 2.46. The first-order valence-corrected chi connectivity index (χ1v) is 17.6. The van der Waals surface area contributed by atoms with Crippen LogP contribution in [-0.2, 0) is 21.7 Å². The van der Waals surface area contributed by atoms with Gasteiger partial charge in [-0.25, -0.2) is 14.0 Å². The summed E-state index contributed by atoms with van der Waals surface area (Å²) in [6.07, 6.45) is 3.38. The van der Waals surface area contributed by atoms with E-state index in [1.807, 2.05) is 31.2 Å². The molecule has 2 saturated heterocycles. The fourth-order valence-corrected chi connectivity index (χ4v) is 7.12. The molecule has 0 amide bonds. The number of H-pyrrole nitrogens is 1. The van der Waals surface area contributed by atoms with Crippen LogP contribution in [0.25, 0.3) is 5.69 Å². The maximum Gasteiger partial charge on any atom is 0.350 e. The number of halogens is 2. The zero-order chi connectivity index (χ0) is 34.7. The second kappa shape index (κ2) is 14.8. The molecule has 0 bridgehead atoms. The third-order valence-electron chi connectivity index (χ3n) is 9.21. The molecule has 3 atom stereocenters. The topological polar surface area (TPSA) is 128 Å². The Hall–Kier alpha value is -4.43. The van der Waals surface area contributed by atoms with Crippen molar-refractivity contribution in [2.45, 2.75) is 51.0 Å². The lowest BCUT2D eigenvalue weighted by atomic mass is 10.0. The third kappa shape index (κ3) is 7.22. The Balaban J connectivity index is 0.921. The summed E-state index contributed by atoms with van der Waals surface area (Å²) in [6, 6.07) is 21.5. The summed E-state index contributed by atoms with van der Waals surface area (Å²) in [5, 5.41) is 19.6. The molecule has 0 radical (unpaired) electrons. The van der Waals surface area contributed by atoms with Crippen molar-refractivity contribution < 1.29 is 14.2 Å². The van der Waals surface area contributed by atoms with Crippen LogP contribution < -0.4 is 20.2 Å². The Labute approximate surface area is 299 Å². The molecule has 0 aliphatic carbocycles. The number of nitrogens with zero attached hydrogens (tertiary/aromatic N) is 8. The summed E-state index contributed by atoms with van der Waals surface area (Å²) in [4.78, 5) is 17.7. The summed E-state index contributed by atoms with van der Waals surface area (Å²) < 4.78 is 22.0. The predicted octanol–water partition coefficient (Wildman–Crippen LogP) is 5.43. The van der Waals surface area contributed by atoms with Gasteiger partial charge in [0.2, 0.25) is 5.79 Å². The van der Waals surface area contributed by atoms with Crippen molar-refractivity contribution in [2.24, 2.45) is 0 Å². The van der Waals surface area contributed by atoms with Crippen LogP contribution in [0.1, 0.15) is 44.1 Å². The first-order chi connectivity index (χ1) is 24.3. The molecule has 3 aromatic carbocycles. The van der Waals surface area contributed by atoms with Crippen molar-refractivity contribution in [3.05, 3.63) is 105 Å². The molecule has 262 valence electrons. The van der Waals surface area contributed by atoms with Gasteiger partial charge in [-0.3, -0.25) is 0 Å². The number of piperazine rings is 1. The van der Waals surface area contributed by atoms with Gasteiger partial charge in [0.15, 0.2) is 5.82 Å². The van der Waals surface area contributed by atoms with E-state index < -0.39 is 5.79 Å². The molecule has 4 heterocycles. The van der Waals surface area contributed by atoms with Crippen LogP contribution in [0.3, 0.4) is 0 Å². The zero-order valence-corrected chi connectivity index (χ0v) is 29.4. The highest BCUT2D eigenvalue weighted by Crippen LogP contribution is 2.41. The molecule has 0 spiro atoms. The van der Waals surface area contributed by atoms with Gasteiger partial charge in [0.25, 0.3) is 0 Å². The van der Waals surface area contributed by atoms with E-state index in [0.717, 1.165) is 61.8 Å². The first kappa shape index (κ1) is 34.0. The molecular weight excluding hydrogens is 681 g/mol. The molecule has 15 heteroatoms. The van der Waals surface area contributed by atoms with Gasteiger partial charge in [0, 0.05) is 48.1 Å². The van der Waals surface area contributed by atoms with Crippen LogP contribution in [0.5, 0.6) is 5.75 Å². The minimum Gasteiger partial charge on any atom is -0.491 e. The van der Waals surface area contributed by atoms with Gasteiger partial charge in [-0.2, -0.15) is 10.3 Å². The number of nitrogens with one attached hydrogen (secondary N) is 1. The maximum absolute atomic E-state index is 12.9. The minimum absolute atomic E-state index is 0.0765.